The van der Waals surface area contributed by atoms with E-state index in [0.29, 0.717) is 18.5 Å². The minimum absolute atomic E-state index is 0. The molecule has 160 valence electrons. The first kappa shape index (κ1) is 23.8. The van der Waals surface area contributed by atoms with Gasteiger partial charge in [0.05, 0.1) is 19.5 Å². The summed E-state index contributed by atoms with van der Waals surface area (Å²) in [6.07, 6.45) is 7.76. The maximum atomic E-state index is 6.36. The lowest BCUT2D eigenvalue weighted by molar-refractivity contribution is 0.189. The smallest absolute Gasteiger partial charge is 0.193 e. The van der Waals surface area contributed by atoms with E-state index in [4.69, 9.17) is 21.3 Å². The van der Waals surface area contributed by atoms with Crippen LogP contribution in [0.4, 0.5) is 0 Å². The Balaban J connectivity index is 0.00000300. The van der Waals surface area contributed by atoms with Crippen molar-refractivity contribution in [1.82, 2.24) is 19.8 Å². The number of piperidine rings is 1. The minimum atomic E-state index is 0. The Morgan fingerprint density at radius 3 is 2.90 bits per heavy atom. The Hall–Kier alpha value is -1.48. The van der Waals surface area contributed by atoms with Gasteiger partial charge in [-0.2, -0.15) is 0 Å². The molecule has 0 radical (unpaired) electrons. The average Bonchev–Trinajstić information content (AvgIpc) is 3.23. The standard InChI is InChI=1S/C21H30ClN5O.HI/c1-4-24-21(25-9-7-17-5-6-18(28-3)13-19(17)22)26-11-8-16(2)20(14-26)27-12-10-23-15-27;/h5-6,10,12-13,15-16,20H,4,7-9,11,14H2,1-3H3,(H,24,25);1H. The number of hydrogen-bond donors (Lipinski definition) is 1. The van der Waals surface area contributed by atoms with Crippen molar-refractivity contribution in [3.05, 3.63) is 47.5 Å². The molecule has 1 fully saturated rings. The van der Waals surface area contributed by atoms with Crippen LogP contribution in [0.15, 0.2) is 41.9 Å². The van der Waals surface area contributed by atoms with Gasteiger partial charge in [0.25, 0.3) is 0 Å². The van der Waals surface area contributed by atoms with Crippen LogP contribution in [0.25, 0.3) is 0 Å². The van der Waals surface area contributed by atoms with Gasteiger partial charge in [0, 0.05) is 43.6 Å². The maximum absolute atomic E-state index is 6.36. The third-order valence-corrected chi connectivity index (χ3v) is 5.72. The fourth-order valence-corrected chi connectivity index (χ4v) is 3.93. The van der Waals surface area contributed by atoms with Gasteiger partial charge < -0.3 is 19.5 Å². The zero-order valence-electron chi connectivity index (χ0n) is 17.3. The van der Waals surface area contributed by atoms with Gasteiger partial charge in [0.1, 0.15) is 5.75 Å². The molecule has 2 unspecified atom stereocenters. The second-order valence-electron chi connectivity index (χ2n) is 7.23. The molecule has 0 bridgehead atoms. The van der Waals surface area contributed by atoms with Crippen LogP contribution < -0.4 is 10.1 Å². The van der Waals surface area contributed by atoms with E-state index in [1.165, 1.54) is 0 Å². The largest absolute Gasteiger partial charge is 0.497 e. The molecule has 6 nitrogen and oxygen atoms in total. The number of benzene rings is 1. The molecule has 29 heavy (non-hydrogen) atoms. The molecule has 1 aliphatic rings. The van der Waals surface area contributed by atoms with Crippen molar-refractivity contribution in [2.24, 2.45) is 10.9 Å². The lowest BCUT2D eigenvalue weighted by Crippen LogP contribution is -2.49. The highest BCUT2D eigenvalue weighted by molar-refractivity contribution is 14.0. The van der Waals surface area contributed by atoms with Gasteiger partial charge in [0.15, 0.2) is 5.96 Å². The summed E-state index contributed by atoms with van der Waals surface area (Å²) in [5, 5.41) is 4.18. The van der Waals surface area contributed by atoms with Crippen LogP contribution in [-0.2, 0) is 6.42 Å². The summed E-state index contributed by atoms with van der Waals surface area (Å²) in [5.41, 5.74) is 1.09. The number of nitrogens with zero attached hydrogens (tertiary/aromatic N) is 4. The van der Waals surface area contributed by atoms with E-state index in [9.17, 15) is 0 Å². The van der Waals surface area contributed by atoms with E-state index < -0.39 is 0 Å². The predicted octanol–water partition coefficient (Wildman–Crippen LogP) is 4.25. The zero-order chi connectivity index (χ0) is 19.9. The Morgan fingerprint density at radius 1 is 1.41 bits per heavy atom. The number of likely N-dealkylation sites (tertiary alicyclic amines) is 1. The first-order chi connectivity index (χ1) is 13.6. The molecule has 0 amide bonds. The number of ether oxygens (including phenoxy) is 1. The molecule has 1 N–H and O–H groups in total. The third kappa shape index (κ3) is 6.25. The van der Waals surface area contributed by atoms with Crippen molar-refractivity contribution in [3.8, 4) is 5.75 Å². The van der Waals surface area contributed by atoms with E-state index in [1.54, 1.807) is 7.11 Å². The van der Waals surface area contributed by atoms with Crippen molar-refractivity contribution in [3.63, 3.8) is 0 Å². The molecule has 2 heterocycles. The number of hydrogen-bond acceptors (Lipinski definition) is 3. The molecule has 2 atom stereocenters. The van der Waals surface area contributed by atoms with Gasteiger partial charge in [-0.05, 0) is 43.4 Å². The first-order valence-electron chi connectivity index (χ1n) is 9.95. The quantitative estimate of drug-likeness (QED) is 0.344. The molecule has 1 aromatic carbocycles. The first-order valence-corrected chi connectivity index (χ1v) is 10.3. The second-order valence-corrected chi connectivity index (χ2v) is 7.64. The van der Waals surface area contributed by atoms with E-state index >= 15 is 0 Å². The average molecular weight is 532 g/mol. The Bertz CT molecular complexity index is 783. The van der Waals surface area contributed by atoms with Crippen LogP contribution in [0, 0.1) is 5.92 Å². The molecular formula is C21H31ClIN5O. The highest BCUT2D eigenvalue weighted by Gasteiger charge is 2.28. The monoisotopic (exact) mass is 531 g/mol. The van der Waals surface area contributed by atoms with Crippen molar-refractivity contribution < 1.29 is 4.74 Å². The van der Waals surface area contributed by atoms with Gasteiger partial charge in [-0.15, -0.1) is 24.0 Å². The number of aromatic nitrogens is 2. The number of aliphatic imine (C=N–C) groups is 1. The molecule has 0 spiro atoms. The lowest BCUT2D eigenvalue weighted by Gasteiger charge is -2.39. The summed E-state index contributed by atoms with van der Waals surface area (Å²) >= 11 is 6.36. The summed E-state index contributed by atoms with van der Waals surface area (Å²) < 4.78 is 7.44. The van der Waals surface area contributed by atoms with E-state index in [-0.39, 0.29) is 24.0 Å². The predicted molar refractivity (Wildman–Crippen MR) is 130 cm³/mol. The number of methoxy groups -OCH3 is 1. The van der Waals surface area contributed by atoms with Crippen LogP contribution in [0.5, 0.6) is 5.75 Å². The van der Waals surface area contributed by atoms with Gasteiger partial charge in [0.2, 0.25) is 0 Å². The van der Waals surface area contributed by atoms with Gasteiger partial charge in [-0.25, -0.2) is 4.98 Å². The number of nitrogens with one attached hydrogen (secondary N) is 1. The summed E-state index contributed by atoms with van der Waals surface area (Å²) in [7, 11) is 1.65. The van der Waals surface area contributed by atoms with Gasteiger partial charge in [-0.3, -0.25) is 4.99 Å². The fourth-order valence-electron chi connectivity index (χ4n) is 3.66. The fraction of sp³-hybridized carbons (Fsp3) is 0.524. The van der Waals surface area contributed by atoms with E-state index in [2.05, 4.69) is 39.8 Å². The van der Waals surface area contributed by atoms with Gasteiger partial charge >= 0.3 is 0 Å². The third-order valence-electron chi connectivity index (χ3n) is 5.36. The summed E-state index contributed by atoms with van der Waals surface area (Å²) in [6, 6.07) is 6.23. The Kier molecular flexibility index (Phi) is 9.55. The normalized spacial score (nSPS) is 19.6. The van der Waals surface area contributed by atoms with Crippen LogP contribution >= 0.6 is 35.6 Å². The zero-order valence-corrected chi connectivity index (χ0v) is 20.4. The van der Waals surface area contributed by atoms with Crippen molar-refractivity contribution >= 4 is 41.5 Å². The van der Waals surface area contributed by atoms with Crippen LogP contribution in [0.1, 0.15) is 31.9 Å². The SMILES string of the molecule is CCNC(=NCCc1ccc(OC)cc1Cl)N1CCC(C)C(n2ccnc2)C1.I. The van der Waals surface area contributed by atoms with Crippen molar-refractivity contribution in [1.29, 1.82) is 0 Å². The molecule has 1 saturated heterocycles. The molecule has 2 aromatic rings. The molecule has 0 saturated carbocycles. The van der Waals surface area contributed by atoms with Crippen LogP contribution in [0.2, 0.25) is 5.02 Å². The number of halogens is 2. The van der Waals surface area contributed by atoms with Gasteiger partial charge in [-0.1, -0.05) is 24.6 Å². The topological polar surface area (TPSA) is 54.7 Å². The molecule has 8 heteroatoms. The van der Waals surface area contributed by atoms with E-state index in [1.807, 2.05) is 30.7 Å². The highest BCUT2D eigenvalue weighted by atomic mass is 127. The second kappa shape index (κ2) is 11.6. The number of guanidine groups is 1. The molecule has 1 aliphatic heterocycles. The maximum Gasteiger partial charge on any atom is 0.193 e. The Labute approximate surface area is 195 Å². The molecule has 3 rings (SSSR count). The number of imidazole rings is 1. The summed E-state index contributed by atoms with van der Waals surface area (Å²) in [5.74, 6) is 2.37. The van der Waals surface area contributed by atoms with Crippen LogP contribution in [-0.4, -0.2) is 53.7 Å². The Morgan fingerprint density at radius 2 is 2.24 bits per heavy atom. The molecule has 1 aromatic heterocycles. The number of rotatable bonds is 6. The van der Waals surface area contributed by atoms with Crippen LogP contribution in [0.3, 0.4) is 0 Å². The lowest BCUT2D eigenvalue weighted by atomic mass is 9.93. The minimum Gasteiger partial charge on any atom is -0.497 e. The summed E-state index contributed by atoms with van der Waals surface area (Å²) in [4.78, 5) is 11.5. The highest BCUT2D eigenvalue weighted by Crippen LogP contribution is 2.27. The van der Waals surface area contributed by atoms with E-state index in [0.717, 1.165) is 54.8 Å². The molecule has 0 aliphatic carbocycles. The summed E-state index contributed by atoms with van der Waals surface area (Å²) in [6.45, 7) is 7.92. The molecular weight excluding hydrogens is 501 g/mol. The van der Waals surface area contributed by atoms with Crippen molar-refractivity contribution in [2.45, 2.75) is 32.7 Å². The van der Waals surface area contributed by atoms with Crippen molar-refractivity contribution in [2.75, 3.05) is 33.3 Å².